The van der Waals surface area contributed by atoms with Crippen LogP contribution in [0.25, 0.3) is 0 Å². The van der Waals surface area contributed by atoms with Gasteiger partial charge in [0.1, 0.15) is 17.8 Å². The summed E-state index contributed by atoms with van der Waals surface area (Å²) < 4.78 is 17.0. The van der Waals surface area contributed by atoms with E-state index in [1.165, 1.54) is 6.92 Å². The fourth-order valence-corrected chi connectivity index (χ4v) is 2.71. The molecule has 1 fully saturated rings. The van der Waals surface area contributed by atoms with Gasteiger partial charge in [-0.2, -0.15) is 4.42 Å². The van der Waals surface area contributed by atoms with Crippen molar-refractivity contribution in [3.63, 3.8) is 0 Å². The molecule has 7 nitrogen and oxygen atoms in total. The molecule has 0 N–H and O–H groups in total. The molecule has 0 bridgehead atoms. The molecule has 1 heterocycles. The fraction of sp³-hybridized carbons (Fsp3) is 0.867. The van der Waals surface area contributed by atoms with Crippen molar-refractivity contribution < 1.29 is 23.8 Å². The van der Waals surface area contributed by atoms with E-state index in [-0.39, 0.29) is 18.5 Å². The second-order valence-corrected chi connectivity index (χ2v) is 6.69. The van der Waals surface area contributed by atoms with Gasteiger partial charge in [-0.3, -0.25) is 9.59 Å². The number of rotatable bonds is 9. The Morgan fingerprint density at radius 3 is 2.04 bits per heavy atom. The van der Waals surface area contributed by atoms with Crippen molar-refractivity contribution in [2.75, 3.05) is 39.6 Å². The van der Waals surface area contributed by atoms with Crippen LogP contribution < -0.4 is 0 Å². The number of nitrogens with zero attached hydrogens (tertiary/aromatic N) is 2. The summed E-state index contributed by atoms with van der Waals surface area (Å²) in [6.45, 7) is 11.1. The quantitative estimate of drug-likeness (QED) is 0.355. The molecule has 1 aliphatic heterocycles. The minimum Gasteiger partial charge on any atom is -0.463 e. The molecule has 0 saturated carbocycles. The van der Waals surface area contributed by atoms with E-state index in [1.807, 2.05) is 27.7 Å². The maximum atomic E-state index is 12.4. The second-order valence-electron chi connectivity index (χ2n) is 6.36. The van der Waals surface area contributed by atoms with Crippen LogP contribution in [0.5, 0.6) is 0 Å². The summed E-state index contributed by atoms with van der Waals surface area (Å²) >= 11 is 6.29. The summed E-state index contributed by atoms with van der Waals surface area (Å²) in [6, 6.07) is 0. The Morgan fingerprint density at radius 2 is 1.57 bits per heavy atom. The van der Waals surface area contributed by atoms with Crippen LogP contribution in [0.15, 0.2) is 0 Å². The number of hydrogen-bond acceptors (Lipinski definition) is 6. The summed E-state index contributed by atoms with van der Waals surface area (Å²) in [5, 5.41) is 0. The van der Waals surface area contributed by atoms with E-state index in [9.17, 15) is 9.59 Å². The molecule has 0 aromatic carbocycles. The minimum atomic E-state index is -0.731. The zero-order valence-corrected chi connectivity index (χ0v) is 15.3. The minimum absolute atomic E-state index is 0.0151. The Balaban J connectivity index is 2.21. The highest BCUT2D eigenvalue weighted by molar-refractivity contribution is 6.17. The lowest BCUT2D eigenvalue weighted by molar-refractivity contribution is -0.142. The first-order chi connectivity index (χ1) is 10.6. The van der Waals surface area contributed by atoms with Gasteiger partial charge in [0.15, 0.2) is 0 Å². The first kappa shape index (κ1) is 20.2. The SMILES string of the molecule is CC(=O)OCCOCCOCCN1C(=O)C(C)(C)N(Cl)C1(C)C. The maximum Gasteiger partial charge on any atom is 0.302 e. The van der Waals surface area contributed by atoms with E-state index in [0.717, 1.165) is 0 Å². The molecule has 0 aliphatic carbocycles. The largest absolute Gasteiger partial charge is 0.463 e. The summed E-state index contributed by atoms with van der Waals surface area (Å²) in [4.78, 5) is 24.7. The Bertz CT molecular complexity index is 428. The number of esters is 1. The highest BCUT2D eigenvalue weighted by Crippen LogP contribution is 2.39. The third-order valence-corrected chi connectivity index (χ3v) is 4.60. The predicted octanol–water partition coefficient (Wildman–Crippen LogP) is 1.40. The Hall–Kier alpha value is -0.890. The van der Waals surface area contributed by atoms with Gasteiger partial charge in [0.25, 0.3) is 0 Å². The average molecular weight is 351 g/mol. The Kier molecular flexibility index (Phi) is 7.26. The highest BCUT2D eigenvalue weighted by atomic mass is 35.5. The molecule has 1 rings (SSSR count). The van der Waals surface area contributed by atoms with Crippen LogP contribution in [0.4, 0.5) is 0 Å². The van der Waals surface area contributed by atoms with Crippen molar-refractivity contribution in [1.29, 1.82) is 0 Å². The van der Waals surface area contributed by atoms with Crippen LogP contribution in [0.2, 0.25) is 0 Å². The van der Waals surface area contributed by atoms with Gasteiger partial charge in [0.05, 0.1) is 26.4 Å². The molecule has 1 aliphatic rings. The molecular formula is C15H27ClN2O5. The van der Waals surface area contributed by atoms with Crippen molar-refractivity contribution in [2.24, 2.45) is 0 Å². The molecule has 0 unspecified atom stereocenters. The number of halogens is 1. The van der Waals surface area contributed by atoms with Crippen LogP contribution in [0.1, 0.15) is 34.6 Å². The number of amides is 1. The third kappa shape index (κ3) is 5.04. The number of carbonyl (C=O) groups is 2. The number of hydrogen-bond donors (Lipinski definition) is 0. The van der Waals surface area contributed by atoms with Gasteiger partial charge in [-0.15, -0.1) is 0 Å². The molecule has 1 saturated heterocycles. The van der Waals surface area contributed by atoms with Crippen molar-refractivity contribution in [3.8, 4) is 0 Å². The topological polar surface area (TPSA) is 68.3 Å². The summed E-state index contributed by atoms with van der Waals surface area (Å²) in [7, 11) is 0. The molecule has 23 heavy (non-hydrogen) atoms. The molecule has 8 heteroatoms. The van der Waals surface area contributed by atoms with E-state index < -0.39 is 11.2 Å². The van der Waals surface area contributed by atoms with Crippen molar-refractivity contribution in [2.45, 2.75) is 45.8 Å². The van der Waals surface area contributed by atoms with Gasteiger partial charge < -0.3 is 19.1 Å². The van der Waals surface area contributed by atoms with Gasteiger partial charge in [0.2, 0.25) is 5.91 Å². The molecule has 0 atom stereocenters. The standard InChI is InChI=1S/C15H27ClN2O5/c1-12(19)23-11-10-22-9-8-21-7-6-17-13(20)14(2,3)18(16)15(17,4)5/h6-11H2,1-5H3. The fourth-order valence-electron chi connectivity index (χ4n) is 2.55. The second kappa shape index (κ2) is 8.28. The molecule has 1 amide bonds. The molecule has 0 radical (unpaired) electrons. The van der Waals surface area contributed by atoms with Crippen LogP contribution in [0, 0.1) is 0 Å². The third-order valence-electron chi connectivity index (χ3n) is 3.76. The molecule has 0 aromatic heterocycles. The zero-order chi connectivity index (χ0) is 17.7. The van der Waals surface area contributed by atoms with Gasteiger partial charge >= 0.3 is 5.97 Å². The lowest BCUT2D eigenvalue weighted by Crippen LogP contribution is -2.47. The van der Waals surface area contributed by atoms with E-state index in [2.05, 4.69) is 0 Å². The average Bonchev–Trinajstić information content (AvgIpc) is 2.57. The molecule has 0 aromatic rings. The van der Waals surface area contributed by atoms with Gasteiger partial charge in [-0.25, -0.2) is 0 Å². The van der Waals surface area contributed by atoms with E-state index >= 15 is 0 Å². The lowest BCUT2D eigenvalue weighted by atomic mass is 10.1. The van der Waals surface area contributed by atoms with Crippen LogP contribution in [0.3, 0.4) is 0 Å². The highest BCUT2D eigenvalue weighted by Gasteiger charge is 2.55. The van der Waals surface area contributed by atoms with Crippen LogP contribution in [-0.2, 0) is 23.8 Å². The molecule has 134 valence electrons. The van der Waals surface area contributed by atoms with Gasteiger partial charge in [-0.05, 0) is 39.5 Å². The number of ether oxygens (including phenoxy) is 3. The van der Waals surface area contributed by atoms with Gasteiger partial charge in [-0.1, -0.05) is 0 Å². The Morgan fingerprint density at radius 1 is 1.04 bits per heavy atom. The van der Waals surface area contributed by atoms with E-state index in [4.69, 9.17) is 26.0 Å². The zero-order valence-electron chi connectivity index (χ0n) is 14.6. The molecule has 0 spiro atoms. The number of carbonyl (C=O) groups excluding carboxylic acids is 2. The first-order valence-corrected chi connectivity index (χ1v) is 8.02. The Labute approximate surface area is 142 Å². The summed E-state index contributed by atoms with van der Waals surface area (Å²) in [5.41, 5.74) is -1.29. The van der Waals surface area contributed by atoms with Crippen LogP contribution >= 0.6 is 11.8 Å². The van der Waals surface area contributed by atoms with Crippen molar-refractivity contribution >= 4 is 23.7 Å². The van der Waals surface area contributed by atoms with Crippen molar-refractivity contribution in [3.05, 3.63) is 0 Å². The first-order valence-electron chi connectivity index (χ1n) is 7.69. The maximum absolute atomic E-state index is 12.4. The smallest absolute Gasteiger partial charge is 0.302 e. The lowest BCUT2D eigenvalue weighted by Gasteiger charge is -2.35. The molecular weight excluding hydrogens is 324 g/mol. The monoisotopic (exact) mass is 350 g/mol. The van der Waals surface area contributed by atoms with Crippen LogP contribution in [-0.4, -0.2) is 72.0 Å². The predicted molar refractivity (Wildman–Crippen MR) is 85.8 cm³/mol. The normalized spacial score (nSPS) is 20.1. The van der Waals surface area contributed by atoms with E-state index in [1.54, 1.807) is 9.32 Å². The summed E-state index contributed by atoms with van der Waals surface area (Å²) in [5.74, 6) is -0.335. The van der Waals surface area contributed by atoms with Gasteiger partial charge in [0, 0.05) is 13.5 Å². The summed E-state index contributed by atoms with van der Waals surface area (Å²) in [6.07, 6.45) is 0. The van der Waals surface area contributed by atoms with E-state index in [0.29, 0.717) is 33.0 Å². The van der Waals surface area contributed by atoms with Crippen molar-refractivity contribution in [1.82, 2.24) is 9.32 Å².